The van der Waals surface area contributed by atoms with Crippen molar-refractivity contribution in [2.24, 2.45) is 0 Å². The van der Waals surface area contributed by atoms with E-state index >= 15 is 0 Å². The van der Waals surface area contributed by atoms with Crippen molar-refractivity contribution >= 4 is 43.4 Å². The average Bonchev–Trinajstić information content (AvgIpc) is 2.79. The van der Waals surface area contributed by atoms with Gasteiger partial charge in [0, 0.05) is 18.4 Å². The standard InChI is InChI=1S/C22H25BrFN5O3S/c1-3-17(13-30)27-21-19(23)12-25-22(29-21)28-18-8-7-14(2)20(10-18)33(31,32)26-11-15-5-4-6-16(24)9-15/h4-10,12,17,26,30H,3,11,13H2,1-2H3,(H2,25,27,28,29)/t17-/m1/s1. The molecule has 11 heteroatoms. The molecule has 3 rings (SSSR count). The lowest BCUT2D eigenvalue weighted by atomic mass is 10.2. The SMILES string of the molecule is CC[C@H](CO)Nc1nc(Nc2ccc(C)c(S(=O)(=O)NCc3cccc(F)c3)c2)ncc1Br. The summed E-state index contributed by atoms with van der Waals surface area (Å²) < 4.78 is 42.3. The largest absolute Gasteiger partial charge is 0.394 e. The lowest BCUT2D eigenvalue weighted by Gasteiger charge is -2.16. The molecule has 1 heterocycles. The van der Waals surface area contributed by atoms with Crippen LogP contribution in [0.15, 0.2) is 58.0 Å². The predicted octanol–water partition coefficient (Wildman–Crippen LogP) is 4.09. The van der Waals surface area contributed by atoms with Crippen LogP contribution in [0.3, 0.4) is 0 Å². The molecule has 1 aromatic heterocycles. The van der Waals surface area contributed by atoms with Crippen molar-refractivity contribution in [2.75, 3.05) is 17.2 Å². The maximum Gasteiger partial charge on any atom is 0.241 e. The van der Waals surface area contributed by atoms with Gasteiger partial charge >= 0.3 is 0 Å². The van der Waals surface area contributed by atoms with E-state index in [1.54, 1.807) is 31.3 Å². The summed E-state index contributed by atoms with van der Waals surface area (Å²) in [5, 5.41) is 15.6. The summed E-state index contributed by atoms with van der Waals surface area (Å²) in [4.78, 5) is 8.72. The van der Waals surface area contributed by atoms with Gasteiger partial charge in [-0.1, -0.05) is 25.1 Å². The number of benzene rings is 2. The summed E-state index contributed by atoms with van der Waals surface area (Å²) >= 11 is 3.38. The Morgan fingerprint density at radius 3 is 2.70 bits per heavy atom. The zero-order valence-corrected chi connectivity index (χ0v) is 20.5. The van der Waals surface area contributed by atoms with Crippen molar-refractivity contribution in [3.63, 3.8) is 0 Å². The molecule has 0 fully saturated rings. The minimum Gasteiger partial charge on any atom is -0.394 e. The summed E-state index contributed by atoms with van der Waals surface area (Å²) in [7, 11) is -3.86. The fraction of sp³-hybridized carbons (Fsp3) is 0.273. The second kappa shape index (κ2) is 11.0. The molecule has 0 saturated carbocycles. The van der Waals surface area contributed by atoms with Crippen LogP contribution in [0, 0.1) is 12.7 Å². The third-order valence-corrected chi connectivity index (χ3v) is 7.01. The fourth-order valence-electron chi connectivity index (χ4n) is 3.00. The summed E-state index contributed by atoms with van der Waals surface area (Å²) in [6, 6.07) is 10.5. The first kappa shape index (κ1) is 25.0. The van der Waals surface area contributed by atoms with E-state index in [4.69, 9.17) is 0 Å². The van der Waals surface area contributed by atoms with E-state index in [0.717, 1.165) is 0 Å². The lowest BCUT2D eigenvalue weighted by molar-refractivity contribution is 0.271. The number of anilines is 3. The number of nitrogens with one attached hydrogen (secondary N) is 3. The molecule has 0 saturated heterocycles. The zero-order chi connectivity index (χ0) is 24.0. The van der Waals surface area contributed by atoms with Gasteiger partial charge in [-0.25, -0.2) is 22.5 Å². The molecule has 0 radical (unpaired) electrons. The van der Waals surface area contributed by atoms with E-state index in [1.165, 1.54) is 24.3 Å². The maximum absolute atomic E-state index is 13.4. The van der Waals surface area contributed by atoms with Crippen LogP contribution in [0.2, 0.25) is 0 Å². The molecule has 1 atom stereocenters. The number of hydrogen-bond donors (Lipinski definition) is 4. The van der Waals surface area contributed by atoms with Crippen LogP contribution in [-0.4, -0.2) is 36.1 Å². The minimum atomic E-state index is -3.86. The highest BCUT2D eigenvalue weighted by molar-refractivity contribution is 9.10. The fourth-order valence-corrected chi connectivity index (χ4v) is 4.59. The molecule has 0 amide bonds. The number of halogens is 2. The van der Waals surface area contributed by atoms with Crippen LogP contribution in [0.5, 0.6) is 0 Å². The van der Waals surface area contributed by atoms with Gasteiger partial charge < -0.3 is 15.7 Å². The monoisotopic (exact) mass is 537 g/mol. The molecule has 8 nitrogen and oxygen atoms in total. The van der Waals surface area contributed by atoms with Gasteiger partial charge in [0.25, 0.3) is 0 Å². The van der Waals surface area contributed by atoms with E-state index < -0.39 is 15.8 Å². The third-order valence-electron chi connectivity index (χ3n) is 4.89. The van der Waals surface area contributed by atoms with E-state index in [-0.39, 0.29) is 30.0 Å². The molecule has 0 aliphatic rings. The second-order valence-corrected chi connectivity index (χ2v) is 9.97. The maximum atomic E-state index is 13.4. The van der Waals surface area contributed by atoms with Crippen LogP contribution >= 0.6 is 15.9 Å². The van der Waals surface area contributed by atoms with Gasteiger partial charge in [-0.15, -0.1) is 0 Å². The molecule has 3 aromatic rings. The first-order chi connectivity index (χ1) is 15.7. The normalized spacial score (nSPS) is 12.4. The first-order valence-electron chi connectivity index (χ1n) is 10.2. The van der Waals surface area contributed by atoms with Crippen LogP contribution < -0.4 is 15.4 Å². The molecule has 176 valence electrons. The highest BCUT2D eigenvalue weighted by atomic mass is 79.9. The Labute approximate surface area is 200 Å². The van der Waals surface area contributed by atoms with E-state index in [9.17, 15) is 17.9 Å². The first-order valence-corrected chi connectivity index (χ1v) is 12.5. The number of aliphatic hydroxyl groups excluding tert-OH is 1. The molecule has 0 aliphatic carbocycles. The van der Waals surface area contributed by atoms with Crippen LogP contribution in [0.1, 0.15) is 24.5 Å². The number of sulfonamides is 1. The van der Waals surface area contributed by atoms with Crippen molar-refractivity contribution in [1.82, 2.24) is 14.7 Å². The summed E-state index contributed by atoms with van der Waals surface area (Å²) in [5.41, 5.74) is 1.55. The summed E-state index contributed by atoms with van der Waals surface area (Å²) in [6.07, 6.45) is 2.27. The van der Waals surface area contributed by atoms with Gasteiger partial charge in [-0.05, 0) is 64.7 Å². The Balaban J connectivity index is 1.80. The Kier molecular flexibility index (Phi) is 8.35. The van der Waals surface area contributed by atoms with Gasteiger partial charge in [0.1, 0.15) is 11.6 Å². The Morgan fingerprint density at radius 1 is 1.21 bits per heavy atom. The van der Waals surface area contributed by atoms with Crippen molar-refractivity contribution in [3.05, 3.63) is 70.1 Å². The van der Waals surface area contributed by atoms with Gasteiger partial charge in [0.05, 0.1) is 22.0 Å². The van der Waals surface area contributed by atoms with Crippen LogP contribution in [0.25, 0.3) is 0 Å². The van der Waals surface area contributed by atoms with Crippen molar-refractivity contribution in [3.8, 4) is 0 Å². The molecule has 0 aliphatic heterocycles. The Bertz CT molecular complexity index is 1220. The Morgan fingerprint density at radius 2 is 2.00 bits per heavy atom. The topological polar surface area (TPSA) is 116 Å². The zero-order valence-electron chi connectivity index (χ0n) is 18.1. The molecular formula is C22H25BrFN5O3S. The highest BCUT2D eigenvalue weighted by Crippen LogP contribution is 2.25. The van der Waals surface area contributed by atoms with Gasteiger partial charge in [0.2, 0.25) is 16.0 Å². The molecule has 2 aromatic carbocycles. The average molecular weight is 538 g/mol. The van der Waals surface area contributed by atoms with E-state index in [2.05, 4.69) is 41.3 Å². The molecule has 4 N–H and O–H groups in total. The van der Waals surface area contributed by atoms with Gasteiger partial charge in [-0.3, -0.25) is 0 Å². The van der Waals surface area contributed by atoms with Crippen molar-refractivity contribution in [1.29, 1.82) is 0 Å². The number of aromatic nitrogens is 2. The second-order valence-electron chi connectivity index (χ2n) is 7.38. The summed E-state index contributed by atoms with van der Waals surface area (Å²) in [6.45, 7) is 3.56. The number of rotatable bonds is 10. The number of nitrogens with zero attached hydrogens (tertiary/aromatic N) is 2. The van der Waals surface area contributed by atoms with Crippen molar-refractivity contribution in [2.45, 2.75) is 37.8 Å². The molecule has 33 heavy (non-hydrogen) atoms. The third kappa shape index (κ3) is 6.70. The Hall–Kier alpha value is -2.60. The molecule has 0 unspecified atom stereocenters. The lowest BCUT2D eigenvalue weighted by Crippen LogP contribution is -2.24. The highest BCUT2D eigenvalue weighted by Gasteiger charge is 2.18. The molecule has 0 spiro atoms. The van der Waals surface area contributed by atoms with E-state index in [0.29, 0.717) is 33.5 Å². The number of aryl methyl sites for hydroxylation is 1. The predicted molar refractivity (Wildman–Crippen MR) is 129 cm³/mol. The van der Waals surface area contributed by atoms with Crippen molar-refractivity contribution < 1.29 is 17.9 Å². The van der Waals surface area contributed by atoms with E-state index in [1.807, 2.05) is 6.92 Å². The number of hydrogen-bond acceptors (Lipinski definition) is 7. The smallest absolute Gasteiger partial charge is 0.241 e. The van der Waals surface area contributed by atoms with Crippen LogP contribution in [0.4, 0.5) is 21.8 Å². The number of aliphatic hydroxyl groups is 1. The minimum absolute atomic E-state index is 0.0362. The molecular weight excluding hydrogens is 513 g/mol. The quantitative estimate of drug-likeness (QED) is 0.307. The molecule has 0 bridgehead atoms. The van der Waals surface area contributed by atoms with Crippen LogP contribution in [-0.2, 0) is 16.6 Å². The summed E-state index contributed by atoms with van der Waals surface area (Å²) in [5.74, 6) is 0.334. The van der Waals surface area contributed by atoms with Gasteiger partial charge in [0.15, 0.2) is 0 Å². The van der Waals surface area contributed by atoms with Gasteiger partial charge in [-0.2, -0.15) is 4.98 Å².